The number of ether oxygens (including phenoxy) is 2. The van der Waals surface area contributed by atoms with Gasteiger partial charge in [0.15, 0.2) is 11.5 Å². The second-order valence-electron chi connectivity index (χ2n) is 6.46. The third kappa shape index (κ3) is 3.82. The number of aryl methyl sites for hydroxylation is 2. The van der Waals surface area contributed by atoms with E-state index in [0.717, 1.165) is 16.0 Å². The Morgan fingerprint density at radius 2 is 1.62 bits per heavy atom. The van der Waals surface area contributed by atoms with E-state index in [1.165, 1.54) is 26.4 Å². The van der Waals surface area contributed by atoms with E-state index in [2.05, 4.69) is 5.32 Å². The van der Waals surface area contributed by atoms with Crippen molar-refractivity contribution in [1.82, 2.24) is 5.32 Å². The van der Waals surface area contributed by atoms with Crippen LogP contribution in [0.1, 0.15) is 16.7 Å². The number of anilines is 1. The summed E-state index contributed by atoms with van der Waals surface area (Å²) >= 11 is 6.27. The van der Waals surface area contributed by atoms with E-state index in [0.29, 0.717) is 22.7 Å². The molecule has 1 fully saturated rings. The second-order valence-corrected chi connectivity index (χ2v) is 6.86. The van der Waals surface area contributed by atoms with Crippen molar-refractivity contribution in [3.63, 3.8) is 0 Å². The molecule has 0 bridgehead atoms. The fourth-order valence-electron chi connectivity index (χ4n) is 2.89. The molecule has 0 aliphatic carbocycles. The number of nitrogens with one attached hydrogen (secondary N) is 1. The van der Waals surface area contributed by atoms with Crippen molar-refractivity contribution < 1.29 is 23.9 Å². The number of methoxy groups -OCH3 is 2. The first kappa shape index (κ1) is 20.4. The normalized spacial score (nSPS) is 15.6. The molecule has 7 nitrogen and oxygen atoms in total. The minimum absolute atomic E-state index is 0.225. The lowest BCUT2D eigenvalue weighted by Crippen LogP contribution is -2.54. The van der Waals surface area contributed by atoms with Gasteiger partial charge in [-0.2, -0.15) is 0 Å². The average Bonchev–Trinajstić information content (AvgIpc) is 2.68. The first-order chi connectivity index (χ1) is 13.8. The summed E-state index contributed by atoms with van der Waals surface area (Å²) in [5, 5.41) is 2.45. The maximum Gasteiger partial charge on any atom is 0.335 e. The van der Waals surface area contributed by atoms with Crippen LogP contribution in [0.4, 0.5) is 10.5 Å². The molecule has 1 aliphatic rings. The Bertz CT molecular complexity index is 1060. The SMILES string of the molecule is COc1cc(Cl)c(/C=C2\C(=O)NC(=O)N(c3ccc(C)c(C)c3)C2=O)cc1OC. The Morgan fingerprint density at radius 1 is 0.966 bits per heavy atom. The van der Waals surface area contributed by atoms with E-state index in [-0.39, 0.29) is 10.6 Å². The molecular weight excluding hydrogens is 396 g/mol. The van der Waals surface area contributed by atoms with Gasteiger partial charge in [-0.3, -0.25) is 14.9 Å². The zero-order valence-electron chi connectivity index (χ0n) is 16.3. The minimum atomic E-state index is -0.807. The van der Waals surface area contributed by atoms with Gasteiger partial charge in [0.2, 0.25) is 0 Å². The fraction of sp³-hybridized carbons (Fsp3) is 0.190. The highest BCUT2D eigenvalue weighted by molar-refractivity contribution is 6.40. The van der Waals surface area contributed by atoms with Crippen molar-refractivity contribution in [1.29, 1.82) is 0 Å². The number of rotatable bonds is 4. The van der Waals surface area contributed by atoms with Gasteiger partial charge in [-0.05, 0) is 54.8 Å². The predicted octanol–water partition coefficient (Wildman–Crippen LogP) is 3.64. The molecule has 1 N–H and O–H groups in total. The summed E-state index contributed by atoms with van der Waals surface area (Å²) in [6.45, 7) is 3.79. The van der Waals surface area contributed by atoms with Crippen molar-refractivity contribution in [2.75, 3.05) is 19.1 Å². The molecule has 0 atom stereocenters. The minimum Gasteiger partial charge on any atom is -0.493 e. The van der Waals surface area contributed by atoms with Crippen LogP contribution >= 0.6 is 11.6 Å². The van der Waals surface area contributed by atoms with Crippen LogP contribution in [0.3, 0.4) is 0 Å². The molecule has 0 saturated carbocycles. The molecule has 1 aliphatic heterocycles. The molecule has 29 heavy (non-hydrogen) atoms. The van der Waals surface area contributed by atoms with Crippen LogP contribution < -0.4 is 19.7 Å². The summed E-state index contributed by atoms with van der Waals surface area (Å²) in [7, 11) is 2.93. The van der Waals surface area contributed by atoms with Crippen molar-refractivity contribution in [2.45, 2.75) is 13.8 Å². The van der Waals surface area contributed by atoms with E-state index in [9.17, 15) is 14.4 Å². The van der Waals surface area contributed by atoms with Gasteiger partial charge in [0.25, 0.3) is 11.8 Å². The molecule has 0 aromatic heterocycles. The third-order valence-corrected chi connectivity index (χ3v) is 4.98. The number of hydrogen-bond acceptors (Lipinski definition) is 5. The predicted molar refractivity (Wildman–Crippen MR) is 109 cm³/mol. The van der Waals surface area contributed by atoms with Crippen molar-refractivity contribution >= 4 is 41.2 Å². The van der Waals surface area contributed by atoms with Gasteiger partial charge >= 0.3 is 6.03 Å². The maximum atomic E-state index is 13.0. The van der Waals surface area contributed by atoms with Gasteiger partial charge in [0.1, 0.15) is 5.57 Å². The second kappa shape index (κ2) is 7.97. The summed E-state index contributed by atoms with van der Waals surface area (Å²) in [6.07, 6.45) is 1.32. The van der Waals surface area contributed by atoms with Crippen molar-refractivity contribution in [3.8, 4) is 11.5 Å². The van der Waals surface area contributed by atoms with Crippen LogP contribution in [0.2, 0.25) is 5.02 Å². The largest absolute Gasteiger partial charge is 0.493 e. The first-order valence-corrected chi connectivity index (χ1v) is 9.04. The molecule has 0 radical (unpaired) electrons. The molecule has 1 saturated heterocycles. The molecular formula is C21H19ClN2O5. The van der Waals surface area contributed by atoms with E-state index in [4.69, 9.17) is 21.1 Å². The first-order valence-electron chi connectivity index (χ1n) is 8.67. The topological polar surface area (TPSA) is 84.9 Å². The highest BCUT2D eigenvalue weighted by Gasteiger charge is 2.37. The van der Waals surface area contributed by atoms with Crippen LogP contribution in [-0.2, 0) is 9.59 Å². The highest BCUT2D eigenvalue weighted by atomic mass is 35.5. The lowest BCUT2D eigenvalue weighted by Gasteiger charge is -2.27. The Hall–Kier alpha value is -3.32. The Kier molecular flexibility index (Phi) is 5.61. The Labute approximate surface area is 172 Å². The molecule has 150 valence electrons. The lowest BCUT2D eigenvalue weighted by molar-refractivity contribution is -0.122. The number of imide groups is 2. The van der Waals surface area contributed by atoms with Crippen LogP contribution in [-0.4, -0.2) is 32.1 Å². The molecule has 2 aromatic carbocycles. The van der Waals surface area contributed by atoms with Gasteiger partial charge in [-0.15, -0.1) is 0 Å². The van der Waals surface area contributed by atoms with E-state index in [1.807, 2.05) is 13.8 Å². The quantitative estimate of drug-likeness (QED) is 0.609. The lowest BCUT2D eigenvalue weighted by atomic mass is 10.0. The number of barbiturate groups is 1. The van der Waals surface area contributed by atoms with E-state index >= 15 is 0 Å². The molecule has 0 spiro atoms. The number of carbonyl (C=O) groups excluding carboxylic acids is 3. The fourth-order valence-corrected chi connectivity index (χ4v) is 3.10. The maximum absolute atomic E-state index is 13.0. The van der Waals surface area contributed by atoms with E-state index < -0.39 is 17.8 Å². The number of hydrogen-bond donors (Lipinski definition) is 1. The van der Waals surface area contributed by atoms with E-state index in [1.54, 1.807) is 24.3 Å². The summed E-state index contributed by atoms with van der Waals surface area (Å²) in [4.78, 5) is 38.6. The average molecular weight is 415 g/mol. The number of amides is 4. The molecule has 2 aromatic rings. The highest BCUT2D eigenvalue weighted by Crippen LogP contribution is 2.34. The van der Waals surface area contributed by atoms with Crippen LogP contribution in [0.15, 0.2) is 35.9 Å². The van der Waals surface area contributed by atoms with Gasteiger partial charge < -0.3 is 9.47 Å². The molecule has 3 rings (SSSR count). The third-order valence-electron chi connectivity index (χ3n) is 4.65. The number of carbonyl (C=O) groups is 3. The molecule has 4 amide bonds. The number of halogens is 1. The van der Waals surface area contributed by atoms with Gasteiger partial charge in [0.05, 0.1) is 24.9 Å². The summed E-state index contributed by atoms with van der Waals surface area (Å²) < 4.78 is 10.4. The van der Waals surface area contributed by atoms with Gasteiger partial charge in [-0.25, -0.2) is 9.69 Å². The van der Waals surface area contributed by atoms with Crippen molar-refractivity contribution in [2.24, 2.45) is 0 Å². The molecule has 0 unspecified atom stereocenters. The number of nitrogens with zero attached hydrogens (tertiary/aromatic N) is 1. The van der Waals surface area contributed by atoms with Crippen LogP contribution in [0, 0.1) is 13.8 Å². The smallest absolute Gasteiger partial charge is 0.335 e. The zero-order valence-corrected chi connectivity index (χ0v) is 17.1. The summed E-state index contributed by atoms with van der Waals surface area (Å²) in [6, 6.07) is 7.42. The van der Waals surface area contributed by atoms with Crippen LogP contribution in [0.5, 0.6) is 11.5 Å². The Morgan fingerprint density at radius 3 is 2.24 bits per heavy atom. The summed E-state index contributed by atoms with van der Waals surface area (Å²) in [5.74, 6) is -0.751. The molecule has 8 heteroatoms. The zero-order chi connectivity index (χ0) is 21.3. The van der Waals surface area contributed by atoms with Crippen molar-refractivity contribution in [3.05, 3.63) is 57.6 Å². The van der Waals surface area contributed by atoms with Gasteiger partial charge in [-0.1, -0.05) is 17.7 Å². The Balaban J connectivity index is 2.07. The number of urea groups is 1. The standard InChI is InChI=1S/C21H19ClN2O5/c1-11-5-6-14(7-12(11)2)24-20(26)15(19(25)23-21(24)27)8-13-9-17(28-3)18(29-4)10-16(13)22/h5-10H,1-4H3,(H,23,25,27)/b15-8+. The van der Waals surface area contributed by atoms with Crippen LogP contribution in [0.25, 0.3) is 6.08 Å². The molecule has 1 heterocycles. The van der Waals surface area contributed by atoms with Gasteiger partial charge in [0, 0.05) is 6.07 Å². The monoisotopic (exact) mass is 414 g/mol. The summed E-state index contributed by atoms with van der Waals surface area (Å²) in [5.41, 5.74) is 2.44. The number of benzene rings is 2.